The lowest BCUT2D eigenvalue weighted by Crippen LogP contribution is -2.39. The van der Waals surface area contributed by atoms with E-state index in [4.69, 9.17) is 16.7 Å². The van der Waals surface area contributed by atoms with Crippen molar-refractivity contribution in [2.75, 3.05) is 25.0 Å². The van der Waals surface area contributed by atoms with Crippen molar-refractivity contribution in [3.8, 4) is 0 Å². The van der Waals surface area contributed by atoms with Crippen molar-refractivity contribution in [2.45, 2.75) is 26.3 Å². The zero-order valence-electron chi connectivity index (χ0n) is 11.7. The van der Waals surface area contributed by atoms with Crippen molar-refractivity contribution in [2.24, 2.45) is 0 Å². The van der Waals surface area contributed by atoms with Crippen LogP contribution in [0.2, 0.25) is 5.02 Å². The van der Waals surface area contributed by atoms with Crippen molar-refractivity contribution in [3.63, 3.8) is 0 Å². The Morgan fingerprint density at radius 1 is 1.50 bits per heavy atom. The van der Waals surface area contributed by atoms with E-state index in [1.54, 1.807) is 0 Å². The average molecular weight is 303 g/mol. The zero-order chi connectivity index (χ0) is 15.1. The number of halogens is 2. The first kappa shape index (κ1) is 16.9. The third-order valence-corrected chi connectivity index (χ3v) is 3.20. The number of amides is 1. The largest absolute Gasteiger partial charge is 0.396 e. The number of aliphatic hydroxyl groups is 1. The maximum atomic E-state index is 12.9. The standard InChI is InChI=1S/C14H20ClFN2O2/c1-10(2)18(6-3-7-19)9-14(20)17-13-5-4-11(16)8-12(13)15/h4-5,8,10,19H,3,6-7,9H2,1-2H3,(H,17,20). The first-order valence-electron chi connectivity index (χ1n) is 6.54. The van der Waals surface area contributed by atoms with Crippen LogP contribution in [0.3, 0.4) is 0 Å². The monoisotopic (exact) mass is 302 g/mol. The number of benzene rings is 1. The Bertz CT molecular complexity index is 455. The molecule has 0 aliphatic heterocycles. The van der Waals surface area contributed by atoms with Gasteiger partial charge in [-0.05, 0) is 38.5 Å². The third kappa shape index (κ3) is 5.45. The van der Waals surface area contributed by atoms with E-state index in [2.05, 4.69) is 5.32 Å². The van der Waals surface area contributed by atoms with Gasteiger partial charge in [-0.3, -0.25) is 9.69 Å². The summed E-state index contributed by atoms with van der Waals surface area (Å²) in [4.78, 5) is 13.9. The molecule has 112 valence electrons. The quantitative estimate of drug-likeness (QED) is 0.814. The summed E-state index contributed by atoms with van der Waals surface area (Å²) in [5, 5.41) is 11.7. The second kappa shape index (κ2) is 8.19. The normalized spacial score (nSPS) is 11.2. The molecule has 0 heterocycles. The summed E-state index contributed by atoms with van der Waals surface area (Å²) >= 11 is 5.85. The Labute approximate surface area is 123 Å². The fraction of sp³-hybridized carbons (Fsp3) is 0.500. The third-order valence-electron chi connectivity index (χ3n) is 2.89. The van der Waals surface area contributed by atoms with Crippen LogP contribution in [0, 0.1) is 5.82 Å². The molecule has 1 aromatic carbocycles. The molecule has 6 heteroatoms. The van der Waals surface area contributed by atoms with E-state index in [1.165, 1.54) is 12.1 Å². The molecule has 0 spiro atoms. The fourth-order valence-corrected chi connectivity index (χ4v) is 1.97. The van der Waals surface area contributed by atoms with Crippen LogP contribution >= 0.6 is 11.6 Å². The van der Waals surface area contributed by atoms with Crippen LogP contribution in [0.15, 0.2) is 18.2 Å². The van der Waals surface area contributed by atoms with Crippen molar-refractivity contribution in [3.05, 3.63) is 29.0 Å². The molecule has 1 aromatic rings. The number of carbonyl (C=O) groups is 1. The molecule has 4 nitrogen and oxygen atoms in total. The van der Waals surface area contributed by atoms with Crippen molar-refractivity contribution < 1.29 is 14.3 Å². The predicted octanol–water partition coefficient (Wildman–Crippen LogP) is 2.51. The van der Waals surface area contributed by atoms with Crippen LogP contribution in [-0.2, 0) is 4.79 Å². The van der Waals surface area contributed by atoms with Gasteiger partial charge in [0.2, 0.25) is 5.91 Å². The van der Waals surface area contributed by atoms with E-state index >= 15 is 0 Å². The molecule has 0 radical (unpaired) electrons. The molecule has 0 bridgehead atoms. The molecule has 1 rings (SSSR count). The van der Waals surface area contributed by atoms with E-state index in [9.17, 15) is 9.18 Å². The summed E-state index contributed by atoms with van der Waals surface area (Å²) in [5.74, 6) is -0.662. The van der Waals surface area contributed by atoms with Gasteiger partial charge in [0.1, 0.15) is 5.82 Å². The molecule has 20 heavy (non-hydrogen) atoms. The number of rotatable bonds is 7. The van der Waals surface area contributed by atoms with Gasteiger partial charge in [0.05, 0.1) is 17.3 Å². The molecule has 1 amide bonds. The second-order valence-corrected chi connectivity index (χ2v) is 5.22. The zero-order valence-corrected chi connectivity index (χ0v) is 12.5. The van der Waals surface area contributed by atoms with Gasteiger partial charge in [0.25, 0.3) is 0 Å². The average Bonchev–Trinajstić information content (AvgIpc) is 2.37. The number of hydrogen-bond donors (Lipinski definition) is 2. The van der Waals surface area contributed by atoms with Gasteiger partial charge in [-0.15, -0.1) is 0 Å². The van der Waals surface area contributed by atoms with E-state index in [1.807, 2.05) is 18.7 Å². The van der Waals surface area contributed by atoms with E-state index in [-0.39, 0.29) is 30.1 Å². The molecule has 0 atom stereocenters. The molecule has 0 unspecified atom stereocenters. The first-order chi connectivity index (χ1) is 9.43. The van der Waals surface area contributed by atoms with Crippen LogP contribution in [0.1, 0.15) is 20.3 Å². The number of aliphatic hydroxyl groups excluding tert-OH is 1. The Morgan fingerprint density at radius 3 is 2.75 bits per heavy atom. The van der Waals surface area contributed by atoms with Gasteiger partial charge in [-0.1, -0.05) is 11.6 Å². The van der Waals surface area contributed by atoms with Crippen LogP contribution in [0.5, 0.6) is 0 Å². The highest BCUT2D eigenvalue weighted by molar-refractivity contribution is 6.33. The van der Waals surface area contributed by atoms with Gasteiger partial charge < -0.3 is 10.4 Å². The van der Waals surface area contributed by atoms with Crippen LogP contribution < -0.4 is 5.32 Å². The van der Waals surface area contributed by atoms with Crippen LogP contribution in [0.4, 0.5) is 10.1 Å². The Hall–Kier alpha value is -1.17. The minimum absolute atomic E-state index is 0.0919. The second-order valence-electron chi connectivity index (χ2n) is 4.81. The van der Waals surface area contributed by atoms with Gasteiger partial charge in [0.15, 0.2) is 0 Å². The van der Waals surface area contributed by atoms with Crippen LogP contribution in [0.25, 0.3) is 0 Å². The summed E-state index contributed by atoms with van der Waals surface area (Å²) in [7, 11) is 0. The van der Waals surface area contributed by atoms with Crippen molar-refractivity contribution in [1.82, 2.24) is 4.90 Å². The van der Waals surface area contributed by atoms with Crippen molar-refractivity contribution >= 4 is 23.2 Å². The van der Waals surface area contributed by atoms with E-state index in [0.29, 0.717) is 18.7 Å². The maximum Gasteiger partial charge on any atom is 0.238 e. The lowest BCUT2D eigenvalue weighted by Gasteiger charge is -2.25. The van der Waals surface area contributed by atoms with E-state index < -0.39 is 5.82 Å². The predicted molar refractivity (Wildman–Crippen MR) is 78.5 cm³/mol. The first-order valence-corrected chi connectivity index (χ1v) is 6.91. The van der Waals surface area contributed by atoms with E-state index in [0.717, 1.165) is 6.07 Å². The minimum Gasteiger partial charge on any atom is -0.396 e. The number of nitrogens with zero attached hydrogens (tertiary/aromatic N) is 1. The molecule has 0 saturated heterocycles. The fourth-order valence-electron chi connectivity index (χ4n) is 1.76. The smallest absolute Gasteiger partial charge is 0.238 e. The highest BCUT2D eigenvalue weighted by Gasteiger charge is 2.14. The molecular formula is C14H20ClFN2O2. The molecule has 0 aliphatic carbocycles. The number of carbonyl (C=O) groups excluding carboxylic acids is 1. The maximum absolute atomic E-state index is 12.9. The summed E-state index contributed by atoms with van der Waals surface area (Å²) in [6, 6.07) is 4.02. The van der Waals surface area contributed by atoms with Gasteiger partial charge in [-0.2, -0.15) is 0 Å². The SMILES string of the molecule is CC(C)N(CCCO)CC(=O)Nc1ccc(F)cc1Cl. The Morgan fingerprint density at radius 2 is 2.20 bits per heavy atom. The Kier molecular flexibility index (Phi) is 6.91. The number of nitrogens with one attached hydrogen (secondary N) is 1. The Balaban J connectivity index is 2.61. The highest BCUT2D eigenvalue weighted by Crippen LogP contribution is 2.22. The molecule has 0 aromatic heterocycles. The summed E-state index contributed by atoms with van der Waals surface area (Å²) < 4.78 is 12.9. The molecule has 2 N–H and O–H groups in total. The highest BCUT2D eigenvalue weighted by atomic mass is 35.5. The minimum atomic E-state index is -0.445. The van der Waals surface area contributed by atoms with Gasteiger partial charge in [-0.25, -0.2) is 4.39 Å². The number of hydrogen-bond acceptors (Lipinski definition) is 3. The summed E-state index contributed by atoms with van der Waals surface area (Å²) in [6.45, 7) is 4.89. The molecule has 0 aliphatic rings. The topological polar surface area (TPSA) is 52.6 Å². The van der Waals surface area contributed by atoms with Gasteiger partial charge in [0, 0.05) is 19.2 Å². The summed E-state index contributed by atoms with van der Waals surface area (Å²) in [5.41, 5.74) is 0.393. The number of anilines is 1. The lowest BCUT2D eigenvalue weighted by atomic mass is 10.2. The molecule has 0 fully saturated rings. The molecule has 0 saturated carbocycles. The van der Waals surface area contributed by atoms with Crippen molar-refractivity contribution in [1.29, 1.82) is 0 Å². The van der Waals surface area contributed by atoms with Gasteiger partial charge >= 0.3 is 0 Å². The molecular weight excluding hydrogens is 283 g/mol. The lowest BCUT2D eigenvalue weighted by molar-refractivity contribution is -0.117. The summed E-state index contributed by atoms with van der Waals surface area (Å²) in [6.07, 6.45) is 0.614. The van der Waals surface area contributed by atoms with Crippen LogP contribution in [-0.4, -0.2) is 41.7 Å².